The van der Waals surface area contributed by atoms with Crippen molar-refractivity contribution in [3.05, 3.63) is 40.8 Å². The number of rotatable bonds is 8. The van der Waals surface area contributed by atoms with Gasteiger partial charge in [0.1, 0.15) is 11.4 Å². The Morgan fingerprint density at radius 3 is 2.42 bits per heavy atom. The summed E-state index contributed by atoms with van der Waals surface area (Å²) >= 11 is 1.18. The van der Waals surface area contributed by atoms with Crippen molar-refractivity contribution in [2.24, 2.45) is 5.29 Å². The summed E-state index contributed by atoms with van der Waals surface area (Å²) in [7, 11) is 0. The number of urea groups is 1. The summed E-state index contributed by atoms with van der Waals surface area (Å²) in [6.07, 6.45) is 0. The first-order valence-electron chi connectivity index (χ1n) is 11.3. The van der Waals surface area contributed by atoms with Crippen molar-refractivity contribution in [3.63, 3.8) is 0 Å². The molecule has 194 valence electrons. The van der Waals surface area contributed by atoms with Gasteiger partial charge in [-0.15, -0.1) is 16.7 Å². The number of amides is 5. The average Bonchev–Trinajstić information content (AvgIpc) is 3.12. The molecule has 2 heterocycles. The summed E-state index contributed by atoms with van der Waals surface area (Å²) < 4.78 is -0.851. The number of piperazine rings is 1. The van der Waals surface area contributed by atoms with Crippen LogP contribution in [0.5, 0.6) is 0 Å². The lowest BCUT2D eigenvalue weighted by atomic mass is 10.0. The van der Waals surface area contributed by atoms with Gasteiger partial charge in [-0.3, -0.25) is 19.3 Å². The quantitative estimate of drug-likeness (QED) is 0.327. The number of carbonyl (C=O) groups is 5. The van der Waals surface area contributed by atoms with Crippen molar-refractivity contribution >= 4 is 41.5 Å². The van der Waals surface area contributed by atoms with E-state index in [1.807, 2.05) is 0 Å². The maximum absolute atomic E-state index is 13.2. The van der Waals surface area contributed by atoms with E-state index in [-0.39, 0.29) is 19.6 Å². The molecule has 1 unspecified atom stereocenters. The lowest BCUT2D eigenvalue weighted by molar-refractivity contribution is -0.153. The number of imide groups is 1. The van der Waals surface area contributed by atoms with Crippen molar-refractivity contribution in [2.75, 3.05) is 26.2 Å². The second-order valence-electron chi connectivity index (χ2n) is 8.76. The molecular formula is C22H28N6O7S. The molecule has 2 aliphatic heterocycles. The lowest BCUT2D eigenvalue weighted by Crippen LogP contribution is -2.59. The normalized spacial score (nSPS) is 22.2. The van der Waals surface area contributed by atoms with Crippen LogP contribution in [-0.4, -0.2) is 92.0 Å². The maximum Gasteiger partial charge on any atom is 0.329 e. The van der Waals surface area contributed by atoms with Gasteiger partial charge in [-0.25, -0.2) is 14.6 Å². The van der Waals surface area contributed by atoms with Gasteiger partial charge in [0, 0.05) is 30.9 Å². The van der Waals surface area contributed by atoms with E-state index in [0.29, 0.717) is 12.1 Å². The highest BCUT2D eigenvalue weighted by atomic mass is 32.2. The zero-order valence-corrected chi connectivity index (χ0v) is 20.9. The molecule has 3 N–H and O–H groups in total. The average molecular weight is 521 g/mol. The molecule has 1 aromatic carbocycles. The smallest absolute Gasteiger partial charge is 0.329 e. The number of thioether (sulfide) groups is 1. The predicted molar refractivity (Wildman–Crippen MR) is 129 cm³/mol. The molecule has 0 radical (unpaired) electrons. The van der Waals surface area contributed by atoms with Crippen molar-refractivity contribution in [1.29, 1.82) is 0 Å². The summed E-state index contributed by atoms with van der Waals surface area (Å²) in [5, 5.41) is 17.7. The summed E-state index contributed by atoms with van der Waals surface area (Å²) in [6.45, 7) is 5.43. The molecule has 3 atom stereocenters. The Balaban J connectivity index is 1.74. The summed E-state index contributed by atoms with van der Waals surface area (Å²) in [5.41, 5.74) is 0.419. The van der Waals surface area contributed by atoms with E-state index in [4.69, 9.17) is 0 Å². The monoisotopic (exact) mass is 520 g/mol. The SMILES string of the molecule is CCN1CCN(C(=O)N[C@H](C(=O)NCC2SC(C)(C)[C@H](C(=O)O)N2N=O)c2ccccc2)C(=O)C1=O. The predicted octanol–water partition coefficient (Wildman–Crippen LogP) is 0.532. The van der Waals surface area contributed by atoms with Gasteiger partial charge in [-0.1, -0.05) is 30.3 Å². The molecule has 0 spiro atoms. The standard InChI is InChI=1S/C22H28N6O7S/c1-4-26-10-11-27(19(31)18(26)30)21(34)24-15(13-8-6-5-7-9-13)17(29)23-12-14-28(25-35)16(20(32)33)22(2,3)36-14/h5-9,14-16H,4,10-12H2,1-3H3,(H,23,29)(H,24,34)(H,32,33)/t14?,15-,16-/m0/s1. The first-order valence-corrected chi connectivity index (χ1v) is 12.2. The molecule has 0 aromatic heterocycles. The second kappa shape index (κ2) is 10.9. The first-order chi connectivity index (χ1) is 17.0. The van der Waals surface area contributed by atoms with Crippen LogP contribution in [0, 0.1) is 4.91 Å². The number of nitrogens with zero attached hydrogens (tertiary/aromatic N) is 4. The van der Waals surface area contributed by atoms with Crippen molar-refractivity contribution < 1.29 is 29.1 Å². The topological polar surface area (TPSA) is 169 Å². The van der Waals surface area contributed by atoms with E-state index in [0.717, 1.165) is 9.91 Å². The van der Waals surface area contributed by atoms with Crippen LogP contribution in [0.4, 0.5) is 4.79 Å². The van der Waals surface area contributed by atoms with Gasteiger partial charge in [0.15, 0.2) is 6.04 Å². The van der Waals surface area contributed by atoms with Crippen LogP contribution in [0.25, 0.3) is 0 Å². The van der Waals surface area contributed by atoms with E-state index in [2.05, 4.69) is 15.9 Å². The van der Waals surface area contributed by atoms with E-state index < -0.39 is 51.9 Å². The minimum atomic E-state index is -1.22. The molecule has 36 heavy (non-hydrogen) atoms. The van der Waals surface area contributed by atoms with Crippen LogP contribution in [-0.2, 0) is 19.2 Å². The number of carboxylic acids is 1. The highest BCUT2D eigenvalue weighted by molar-refractivity contribution is 8.01. The molecule has 3 rings (SSSR count). The zero-order valence-electron chi connectivity index (χ0n) is 20.0. The maximum atomic E-state index is 13.2. The van der Waals surface area contributed by atoms with E-state index >= 15 is 0 Å². The number of nitrogens with one attached hydrogen (secondary N) is 2. The number of nitroso groups, excluding NO2 is 1. The van der Waals surface area contributed by atoms with E-state index in [1.165, 1.54) is 16.7 Å². The molecule has 0 aliphatic carbocycles. The third-order valence-corrected chi connectivity index (χ3v) is 7.52. The van der Waals surface area contributed by atoms with Gasteiger partial charge in [0.2, 0.25) is 5.91 Å². The van der Waals surface area contributed by atoms with Gasteiger partial charge < -0.3 is 20.6 Å². The number of benzene rings is 1. The molecule has 1 aromatic rings. The Labute approximate surface area is 211 Å². The third kappa shape index (κ3) is 5.42. The Morgan fingerprint density at radius 2 is 1.83 bits per heavy atom. The van der Waals surface area contributed by atoms with E-state index in [9.17, 15) is 34.0 Å². The van der Waals surface area contributed by atoms with Crippen LogP contribution in [0.15, 0.2) is 35.6 Å². The Morgan fingerprint density at radius 1 is 1.17 bits per heavy atom. The van der Waals surface area contributed by atoms with Crippen LogP contribution < -0.4 is 10.6 Å². The van der Waals surface area contributed by atoms with Crippen LogP contribution in [0.2, 0.25) is 0 Å². The largest absolute Gasteiger partial charge is 0.480 e. The molecule has 2 aliphatic rings. The van der Waals surface area contributed by atoms with Crippen molar-refractivity contribution in [2.45, 2.75) is 43.0 Å². The van der Waals surface area contributed by atoms with Crippen LogP contribution in [0.3, 0.4) is 0 Å². The number of hydrogen-bond acceptors (Lipinski definition) is 8. The third-order valence-electron chi connectivity index (χ3n) is 6.04. The minimum Gasteiger partial charge on any atom is -0.480 e. The van der Waals surface area contributed by atoms with E-state index in [1.54, 1.807) is 51.1 Å². The van der Waals surface area contributed by atoms with Crippen LogP contribution in [0.1, 0.15) is 32.4 Å². The second-order valence-corrected chi connectivity index (χ2v) is 10.6. The molecule has 2 saturated heterocycles. The Bertz CT molecular complexity index is 1050. The minimum absolute atomic E-state index is 0.0162. The number of likely N-dealkylation sites (N-methyl/N-ethyl adjacent to an activating group) is 1. The number of carbonyl (C=O) groups excluding carboxylic acids is 4. The molecule has 5 amide bonds. The number of carboxylic acid groups (broad SMARTS) is 1. The highest BCUT2D eigenvalue weighted by Crippen LogP contribution is 2.44. The first kappa shape index (κ1) is 26.9. The van der Waals surface area contributed by atoms with Crippen molar-refractivity contribution in [3.8, 4) is 0 Å². The fourth-order valence-corrected chi connectivity index (χ4v) is 5.68. The molecule has 13 nitrogen and oxygen atoms in total. The highest BCUT2D eigenvalue weighted by Gasteiger charge is 2.52. The fraction of sp³-hybridized carbons (Fsp3) is 0.500. The summed E-state index contributed by atoms with van der Waals surface area (Å²) in [4.78, 5) is 75.9. The molecule has 14 heteroatoms. The molecular weight excluding hydrogens is 492 g/mol. The van der Waals surface area contributed by atoms with Gasteiger partial charge in [-0.05, 0) is 26.3 Å². The molecule has 0 saturated carbocycles. The molecule has 2 fully saturated rings. The number of hydrogen-bond donors (Lipinski definition) is 3. The summed E-state index contributed by atoms with van der Waals surface area (Å²) in [6, 6.07) is 4.98. The summed E-state index contributed by atoms with van der Waals surface area (Å²) in [5.74, 6) is -3.64. The van der Waals surface area contributed by atoms with Crippen LogP contribution >= 0.6 is 11.8 Å². The van der Waals surface area contributed by atoms with Gasteiger partial charge in [0.25, 0.3) is 0 Å². The number of aliphatic carboxylic acids is 1. The van der Waals surface area contributed by atoms with Gasteiger partial charge in [-0.2, -0.15) is 0 Å². The Kier molecular flexibility index (Phi) is 8.17. The lowest BCUT2D eigenvalue weighted by Gasteiger charge is -2.32. The Hall–Kier alpha value is -3.68. The molecule has 0 bridgehead atoms. The fourth-order valence-electron chi connectivity index (χ4n) is 4.21. The zero-order chi connectivity index (χ0) is 26.6. The van der Waals surface area contributed by atoms with Crippen molar-refractivity contribution in [1.82, 2.24) is 25.4 Å². The van der Waals surface area contributed by atoms with Gasteiger partial charge >= 0.3 is 23.8 Å². The van der Waals surface area contributed by atoms with Gasteiger partial charge in [0.05, 0.1) is 5.29 Å².